The zero-order chi connectivity index (χ0) is 17.3. The van der Waals surface area contributed by atoms with E-state index >= 15 is 0 Å². The third-order valence-corrected chi connectivity index (χ3v) is 3.86. The summed E-state index contributed by atoms with van der Waals surface area (Å²) in [5.74, 6) is -1.55. The SMILES string of the molecule is CC(C)C(C)NC(=O)CN1C(=O)c2ccc([N+](=O)[O-])cc2C1=O. The highest BCUT2D eigenvalue weighted by molar-refractivity contribution is 6.22. The van der Waals surface area contributed by atoms with Crippen LogP contribution in [0.3, 0.4) is 0 Å². The lowest BCUT2D eigenvalue weighted by Gasteiger charge is -2.19. The molecule has 3 amide bonds. The minimum atomic E-state index is -0.693. The summed E-state index contributed by atoms with van der Waals surface area (Å²) in [6.45, 7) is 5.30. The number of non-ortho nitro benzene ring substituents is 1. The van der Waals surface area contributed by atoms with Gasteiger partial charge in [0.1, 0.15) is 6.54 Å². The monoisotopic (exact) mass is 319 g/mol. The van der Waals surface area contributed by atoms with Crippen molar-refractivity contribution in [3.63, 3.8) is 0 Å². The maximum Gasteiger partial charge on any atom is 0.270 e. The highest BCUT2D eigenvalue weighted by Gasteiger charge is 2.37. The van der Waals surface area contributed by atoms with Crippen LogP contribution in [0.5, 0.6) is 0 Å². The molecular formula is C15H17N3O5. The Bertz CT molecular complexity index is 698. The Balaban J connectivity index is 2.17. The Hall–Kier alpha value is -2.77. The van der Waals surface area contributed by atoms with E-state index in [0.29, 0.717) is 0 Å². The van der Waals surface area contributed by atoms with Gasteiger partial charge in [-0.15, -0.1) is 0 Å². The number of hydrogen-bond acceptors (Lipinski definition) is 5. The molecule has 0 saturated heterocycles. The molecule has 1 aliphatic rings. The van der Waals surface area contributed by atoms with Crippen LogP contribution in [0.2, 0.25) is 0 Å². The number of nitrogens with zero attached hydrogens (tertiary/aromatic N) is 2. The number of imide groups is 1. The first-order valence-corrected chi connectivity index (χ1v) is 7.16. The summed E-state index contributed by atoms with van der Waals surface area (Å²) in [6, 6.07) is 3.36. The Morgan fingerprint density at radius 2 is 1.83 bits per heavy atom. The standard InChI is InChI=1S/C15H17N3O5/c1-8(2)9(3)16-13(19)7-17-14(20)11-5-4-10(18(22)23)6-12(11)15(17)21/h4-6,8-9H,7H2,1-3H3,(H,16,19). The number of carbonyl (C=O) groups excluding carboxylic acids is 3. The van der Waals surface area contributed by atoms with Crippen molar-refractivity contribution in [2.24, 2.45) is 5.92 Å². The molecule has 8 heteroatoms. The highest BCUT2D eigenvalue weighted by atomic mass is 16.6. The Labute approximate surface area is 132 Å². The molecule has 0 aliphatic carbocycles. The largest absolute Gasteiger partial charge is 0.352 e. The van der Waals surface area contributed by atoms with Gasteiger partial charge in [0.2, 0.25) is 5.91 Å². The molecule has 0 bridgehead atoms. The van der Waals surface area contributed by atoms with Gasteiger partial charge in [0.05, 0.1) is 16.1 Å². The van der Waals surface area contributed by atoms with Crippen LogP contribution in [0.4, 0.5) is 5.69 Å². The van der Waals surface area contributed by atoms with E-state index in [1.807, 2.05) is 20.8 Å². The molecule has 2 rings (SSSR count). The molecule has 1 atom stereocenters. The number of nitro benzene ring substituents is 1. The van der Waals surface area contributed by atoms with Gasteiger partial charge >= 0.3 is 0 Å². The van der Waals surface area contributed by atoms with Crippen molar-refractivity contribution in [3.05, 3.63) is 39.4 Å². The fourth-order valence-corrected chi connectivity index (χ4v) is 2.15. The normalized spacial score (nSPS) is 14.9. The van der Waals surface area contributed by atoms with Gasteiger partial charge in [-0.3, -0.25) is 29.4 Å². The zero-order valence-electron chi connectivity index (χ0n) is 13.0. The predicted molar refractivity (Wildman–Crippen MR) is 80.9 cm³/mol. The van der Waals surface area contributed by atoms with Crippen molar-refractivity contribution in [3.8, 4) is 0 Å². The van der Waals surface area contributed by atoms with Crippen LogP contribution in [0.1, 0.15) is 41.5 Å². The van der Waals surface area contributed by atoms with E-state index in [9.17, 15) is 24.5 Å². The second-order valence-electron chi connectivity index (χ2n) is 5.78. The number of amides is 3. The first-order chi connectivity index (χ1) is 10.7. The highest BCUT2D eigenvalue weighted by Crippen LogP contribution is 2.26. The van der Waals surface area contributed by atoms with Crippen LogP contribution < -0.4 is 5.32 Å². The summed E-state index contributed by atoms with van der Waals surface area (Å²) < 4.78 is 0. The van der Waals surface area contributed by atoms with Gasteiger partial charge in [-0.1, -0.05) is 13.8 Å². The van der Waals surface area contributed by atoms with E-state index in [0.717, 1.165) is 17.0 Å². The first kappa shape index (κ1) is 16.6. The van der Waals surface area contributed by atoms with Crippen molar-refractivity contribution in [2.75, 3.05) is 6.54 Å². The summed E-state index contributed by atoms with van der Waals surface area (Å²) in [4.78, 5) is 47.3. The van der Waals surface area contributed by atoms with Crippen LogP contribution in [-0.2, 0) is 4.79 Å². The average molecular weight is 319 g/mol. The summed E-state index contributed by atoms with van der Waals surface area (Å²) in [5.41, 5.74) is -0.246. The third kappa shape index (κ3) is 3.20. The number of carbonyl (C=O) groups is 3. The minimum Gasteiger partial charge on any atom is -0.352 e. The number of fused-ring (bicyclic) bond motifs is 1. The molecule has 1 unspecified atom stereocenters. The van der Waals surface area contributed by atoms with E-state index in [2.05, 4.69) is 5.32 Å². The quantitative estimate of drug-likeness (QED) is 0.500. The second kappa shape index (κ2) is 6.15. The number of nitrogens with one attached hydrogen (secondary N) is 1. The Morgan fingerprint density at radius 3 is 2.39 bits per heavy atom. The van der Waals surface area contributed by atoms with E-state index in [1.165, 1.54) is 6.07 Å². The fourth-order valence-electron chi connectivity index (χ4n) is 2.15. The lowest BCUT2D eigenvalue weighted by Crippen LogP contribution is -2.44. The van der Waals surface area contributed by atoms with Crippen LogP contribution in [0, 0.1) is 16.0 Å². The molecular weight excluding hydrogens is 302 g/mol. The molecule has 0 saturated carbocycles. The molecule has 1 aliphatic heterocycles. The Morgan fingerprint density at radius 1 is 1.22 bits per heavy atom. The fraction of sp³-hybridized carbons (Fsp3) is 0.400. The number of benzene rings is 1. The van der Waals surface area contributed by atoms with Crippen LogP contribution in [-0.4, -0.2) is 40.1 Å². The zero-order valence-corrected chi connectivity index (χ0v) is 13.0. The van der Waals surface area contributed by atoms with Gasteiger partial charge in [0.25, 0.3) is 17.5 Å². The Kier molecular flexibility index (Phi) is 4.44. The average Bonchev–Trinajstić information content (AvgIpc) is 2.71. The molecule has 122 valence electrons. The second-order valence-corrected chi connectivity index (χ2v) is 5.78. The lowest BCUT2D eigenvalue weighted by atomic mass is 10.1. The van der Waals surface area contributed by atoms with Crippen LogP contribution in [0.15, 0.2) is 18.2 Å². The lowest BCUT2D eigenvalue weighted by molar-refractivity contribution is -0.384. The molecule has 8 nitrogen and oxygen atoms in total. The smallest absolute Gasteiger partial charge is 0.270 e. The molecule has 0 radical (unpaired) electrons. The maximum absolute atomic E-state index is 12.2. The minimum absolute atomic E-state index is 0.0473. The van der Waals surface area contributed by atoms with Gasteiger partial charge in [-0.05, 0) is 18.9 Å². The summed E-state index contributed by atoms with van der Waals surface area (Å²) >= 11 is 0. The van der Waals surface area contributed by atoms with Gasteiger partial charge in [-0.25, -0.2) is 0 Å². The van der Waals surface area contributed by atoms with E-state index in [4.69, 9.17) is 0 Å². The molecule has 0 fully saturated rings. The van der Waals surface area contributed by atoms with Crippen molar-refractivity contribution < 1.29 is 19.3 Å². The van der Waals surface area contributed by atoms with Crippen molar-refractivity contribution >= 4 is 23.4 Å². The van der Waals surface area contributed by atoms with E-state index in [1.54, 1.807) is 0 Å². The van der Waals surface area contributed by atoms with E-state index in [-0.39, 0.29) is 28.8 Å². The van der Waals surface area contributed by atoms with Gasteiger partial charge < -0.3 is 5.32 Å². The molecule has 1 aromatic carbocycles. The molecule has 23 heavy (non-hydrogen) atoms. The first-order valence-electron chi connectivity index (χ1n) is 7.16. The maximum atomic E-state index is 12.2. The van der Waals surface area contributed by atoms with E-state index < -0.39 is 29.2 Å². The summed E-state index contributed by atoms with van der Waals surface area (Å²) in [7, 11) is 0. The molecule has 1 N–H and O–H groups in total. The summed E-state index contributed by atoms with van der Waals surface area (Å²) in [6.07, 6.45) is 0. The van der Waals surface area contributed by atoms with Crippen molar-refractivity contribution in [1.29, 1.82) is 0 Å². The van der Waals surface area contributed by atoms with Crippen molar-refractivity contribution in [1.82, 2.24) is 10.2 Å². The number of hydrogen-bond donors (Lipinski definition) is 1. The molecule has 1 heterocycles. The molecule has 1 aromatic rings. The third-order valence-electron chi connectivity index (χ3n) is 3.86. The van der Waals surface area contributed by atoms with Crippen LogP contribution in [0.25, 0.3) is 0 Å². The predicted octanol–water partition coefficient (Wildman–Crippen LogP) is 1.35. The molecule has 0 spiro atoms. The van der Waals surface area contributed by atoms with Crippen LogP contribution >= 0.6 is 0 Å². The number of rotatable bonds is 5. The number of nitro groups is 1. The van der Waals surface area contributed by atoms with Gasteiger partial charge in [0, 0.05) is 18.2 Å². The van der Waals surface area contributed by atoms with Gasteiger partial charge in [-0.2, -0.15) is 0 Å². The summed E-state index contributed by atoms with van der Waals surface area (Å²) in [5, 5.41) is 13.5. The van der Waals surface area contributed by atoms with Gasteiger partial charge in [0.15, 0.2) is 0 Å². The molecule has 0 aromatic heterocycles. The topological polar surface area (TPSA) is 110 Å². The van der Waals surface area contributed by atoms with Crippen molar-refractivity contribution in [2.45, 2.75) is 26.8 Å².